The van der Waals surface area contributed by atoms with Crippen molar-refractivity contribution in [3.8, 4) is 0 Å². The van der Waals surface area contributed by atoms with Gasteiger partial charge in [-0.05, 0) is 29.8 Å². The lowest BCUT2D eigenvalue weighted by atomic mass is 9.83. The molecule has 6 nitrogen and oxygen atoms in total. The molecule has 3 N–H and O–H groups in total. The first-order valence-corrected chi connectivity index (χ1v) is 8.49. The van der Waals surface area contributed by atoms with Gasteiger partial charge in [0.05, 0.1) is 18.7 Å². The van der Waals surface area contributed by atoms with Gasteiger partial charge in [0.25, 0.3) is 0 Å². The first-order valence-electron chi connectivity index (χ1n) is 8.49. The van der Waals surface area contributed by atoms with Crippen LogP contribution >= 0.6 is 12.4 Å². The molecule has 0 bridgehead atoms. The smallest absolute Gasteiger partial charge is 0.407 e. The Bertz CT molecular complexity index is 782. The molecule has 2 aromatic rings. The fourth-order valence-electron chi connectivity index (χ4n) is 3.82. The van der Waals surface area contributed by atoms with E-state index in [1.807, 2.05) is 30.3 Å². The number of esters is 1. The number of hydrogen-bond acceptors (Lipinski definition) is 4. The number of likely N-dealkylation sites (tertiary alicyclic amines) is 1. The van der Waals surface area contributed by atoms with Gasteiger partial charge < -0.3 is 20.5 Å². The van der Waals surface area contributed by atoms with E-state index < -0.39 is 12.1 Å². The summed E-state index contributed by atoms with van der Waals surface area (Å²) < 4.78 is 4.71. The highest BCUT2D eigenvalue weighted by Gasteiger charge is 2.44. The van der Waals surface area contributed by atoms with E-state index in [1.54, 1.807) is 24.3 Å². The molecule has 3 rings (SSSR count). The number of carbonyl (C=O) groups is 2. The van der Waals surface area contributed by atoms with Crippen molar-refractivity contribution in [2.45, 2.75) is 12.0 Å². The lowest BCUT2D eigenvalue weighted by Gasteiger charge is -2.26. The minimum atomic E-state index is -0.969. The van der Waals surface area contributed by atoms with Crippen LogP contribution in [0.2, 0.25) is 0 Å². The van der Waals surface area contributed by atoms with Crippen LogP contribution < -0.4 is 5.73 Å². The second-order valence-corrected chi connectivity index (χ2v) is 6.41. The molecule has 7 heteroatoms. The van der Waals surface area contributed by atoms with Gasteiger partial charge in [0.1, 0.15) is 0 Å². The highest BCUT2D eigenvalue weighted by molar-refractivity contribution is 5.89. The summed E-state index contributed by atoms with van der Waals surface area (Å²) >= 11 is 0. The van der Waals surface area contributed by atoms with Crippen LogP contribution in [-0.4, -0.2) is 42.3 Å². The normalized spacial score (nSPS) is 21.4. The number of carbonyl (C=O) groups excluding carboxylic acids is 1. The standard InChI is InChI=1S/C20H22N2O4.ClH/c1-26-19(23)15-9-7-14(8-10-15)18-16(11-21)17(12-22(18)20(24)25)13-5-3-2-4-6-13;/h2-10,16-18H,11-12,21H2,1H3,(H,24,25);1H/t16-,17-,18?;/m1./s1. The van der Waals surface area contributed by atoms with E-state index in [9.17, 15) is 14.7 Å². The zero-order valence-corrected chi connectivity index (χ0v) is 15.8. The lowest BCUT2D eigenvalue weighted by molar-refractivity contribution is 0.0600. The fraction of sp³-hybridized carbons (Fsp3) is 0.300. The summed E-state index contributed by atoms with van der Waals surface area (Å²) in [5.74, 6) is -0.435. The second kappa shape index (κ2) is 8.88. The van der Waals surface area contributed by atoms with Crippen molar-refractivity contribution in [3.05, 3.63) is 71.3 Å². The molecule has 1 heterocycles. The van der Waals surface area contributed by atoms with Gasteiger partial charge in [-0.3, -0.25) is 0 Å². The van der Waals surface area contributed by atoms with E-state index in [4.69, 9.17) is 10.5 Å². The fourth-order valence-corrected chi connectivity index (χ4v) is 3.82. The number of nitrogens with two attached hydrogens (primary N) is 1. The third kappa shape index (κ3) is 4.07. The van der Waals surface area contributed by atoms with Crippen LogP contribution in [0.25, 0.3) is 0 Å². The van der Waals surface area contributed by atoms with Gasteiger partial charge in [-0.1, -0.05) is 42.5 Å². The number of ether oxygens (including phenoxy) is 1. The van der Waals surface area contributed by atoms with Crippen molar-refractivity contribution >= 4 is 24.5 Å². The number of halogens is 1. The highest BCUT2D eigenvalue weighted by atomic mass is 35.5. The van der Waals surface area contributed by atoms with Crippen molar-refractivity contribution in [3.63, 3.8) is 0 Å². The molecule has 0 spiro atoms. The number of nitrogens with zero attached hydrogens (tertiary/aromatic N) is 1. The number of amides is 1. The van der Waals surface area contributed by atoms with Gasteiger partial charge >= 0.3 is 12.1 Å². The van der Waals surface area contributed by atoms with E-state index >= 15 is 0 Å². The van der Waals surface area contributed by atoms with Crippen molar-refractivity contribution in [2.24, 2.45) is 11.7 Å². The molecule has 1 fully saturated rings. The number of benzene rings is 2. The van der Waals surface area contributed by atoms with Crippen molar-refractivity contribution in [2.75, 3.05) is 20.2 Å². The van der Waals surface area contributed by atoms with E-state index in [2.05, 4.69) is 0 Å². The van der Waals surface area contributed by atoms with Crippen LogP contribution in [0, 0.1) is 5.92 Å². The minimum absolute atomic E-state index is 0. The second-order valence-electron chi connectivity index (χ2n) is 6.41. The van der Waals surface area contributed by atoms with Gasteiger partial charge in [-0.2, -0.15) is 0 Å². The Kier molecular flexibility index (Phi) is 6.82. The summed E-state index contributed by atoms with van der Waals surface area (Å²) in [6.45, 7) is 0.761. The van der Waals surface area contributed by atoms with Crippen molar-refractivity contribution in [1.82, 2.24) is 4.90 Å². The van der Waals surface area contributed by atoms with Crippen LogP contribution in [0.4, 0.5) is 4.79 Å². The molecular weight excluding hydrogens is 368 g/mol. The monoisotopic (exact) mass is 390 g/mol. The number of hydrogen-bond donors (Lipinski definition) is 2. The van der Waals surface area contributed by atoms with Gasteiger partial charge in [0.15, 0.2) is 0 Å². The van der Waals surface area contributed by atoms with Crippen LogP contribution in [0.1, 0.15) is 33.4 Å². The maximum atomic E-state index is 11.9. The molecule has 0 radical (unpaired) electrons. The molecule has 1 saturated heterocycles. The molecule has 1 amide bonds. The first kappa shape index (κ1) is 20.7. The van der Waals surface area contributed by atoms with Crippen molar-refractivity contribution < 1.29 is 19.4 Å². The lowest BCUT2D eigenvalue weighted by Crippen LogP contribution is -2.32. The molecule has 144 valence electrons. The number of methoxy groups -OCH3 is 1. The van der Waals surface area contributed by atoms with Gasteiger partial charge in [0, 0.05) is 18.4 Å². The molecule has 0 aliphatic carbocycles. The third-order valence-corrected chi connectivity index (χ3v) is 5.07. The first-order chi connectivity index (χ1) is 12.6. The molecule has 3 atom stereocenters. The third-order valence-electron chi connectivity index (χ3n) is 5.07. The molecular formula is C20H23ClN2O4. The predicted molar refractivity (Wildman–Crippen MR) is 104 cm³/mol. The van der Waals surface area contributed by atoms with E-state index in [-0.39, 0.29) is 30.3 Å². The number of rotatable bonds is 4. The van der Waals surface area contributed by atoms with E-state index in [0.717, 1.165) is 11.1 Å². The van der Waals surface area contributed by atoms with Crippen LogP contribution in [0.3, 0.4) is 0 Å². The average molecular weight is 391 g/mol. The maximum absolute atomic E-state index is 11.9. The van der Waals surface area contributed by atoms with Gasteiger partial charge in [0.2, 0.25) is 0 Å². The number of carboxylic acid groups (broad SMARTS) is 1. The SMILES string of the molecule is COC(=O)c1ccc(C2[C@H](CN)[C@@H](c3ccccc3)CN2C(=O)O)cc1.Cl. The average Bonchev–Trinajstić information content (AvgIpc) is 3.08. The Morgan fingerprint density at radius 1 is 1.11 bits per heavy atom. The molecule has 0 saturated carbocycles. The summed E-state index contributed by atoms with van der Waals surface area (Å²) in [4.78, 5) is 24.9. The molecule has 27 heavy (non-hydrogen) atoms. The van der Waals surface area contributed by atoms with Crippen molar-refractivity contribution in [1.29, 1.82) is 0 Å². The van der Waals surface area contributed by atoms with E-state index in [0.29, 0.717) is 18.7 Å². The largest absolute Gasteiger partial charge is 0.465 e. The molecule has 1 unspecified atom stereocenters. The Labute approximate surface area is 164 Å². The van der Waals surface area contributed by atoms with Gasteiger partial charge in [-0.15, -0.1) is 12.4 Å². The topological polar surface area (TPSA) is 92.9 Å². The molecule has 1 aliphatic rings. The molecule has 0 aromatic heterocycles. The molecule has 2 aromatic carbocycles. The predicted octanol–water partition coefficient (Wildman–Crippen LogP) is 3.29. The van der Waals surface area contributed by atoms with Gasteiger partial charge in [-0.25, -0.2) is 9.59 Å². The Balaban J connectivity index is 0.00000261. The summed E-state index contributed by atoms with van der Waals surface area (Å²) in [6.07, 6.45) is -0.969. The highest BCUT2D eigenvalue weighted by Crippen LogP contribution is 2.45. The minimum Gasteiger partial charge on any atom is -0.465 e. The van der Waals surface area contributed by atoms with Crippen LogP contribution in [-0.2, 0) is 4.74 Å². The summed E-state index contributed by atoms with van der Waals surface area (Å²) in [6, 6.07) is 16.4. The summed E-state index contributed by atoms with van der Waals surface area (Å²) in [5, 5.41) is 9.71. The Morgan fingerprint density at radius 2 is 1.74 bits per heavy atom. The maximum Gasteiger partial charge on any atom is 0.407 e. The molecule has 1 aliphatic heterocycles. The van der Waals surface area contributed by atoms with Crippen LogP contribution in [0.15, 0.2) is 54.6 Å². The summed E-state index contributed by atoms with van der Waals surface area (Å²) in [7, 11) is 1.33. The zero-order valence-electron chi connectivity index (χ0n) is 14.9. The van der Waals surface area contributed by atoms with E-state index in [1.165, 1.54) is 12.0 Å². The zero-order chi connectivity index (χ0) is 18.7. The Morgan fingerprint density at radius 3 is 2.26 bits per heavy atom. The van der Waals surface area contributed by atoms with Crippen LogP contribution in [0.5, 0.6) is 0 Å². The summed E-state index contributed by atoms with van der Waals surface area (Å²) in [5.41, 5.74) is 8.40. The Hall–Kier alpha value is -2.57. The quantitative estimate of drug-likeness (QED) is 0.781.